The van der Waals surface area contributed by atoms with E-state index in [1.54, 1.807) is 6.07 Å². The minimum absolute atomic E-state index is 0. The van der Waals surface area contributed by atoms with Gasteiger partial charge in [0.15, 0.2) is 0 Å². The molecular weight excluding hydrogens is 106 g/mol. The van der Waals surface area contributed by atoms with Crippen molar-refractivity contribution < 1.29 is 10.6 Å². The highest BCUT2D eigenvalue weighted by Gasteiger charge is 1.94. The molecule has 0 radical (unpaired) electrons. The van der Waals surface area contributed by atoms with E-state index in [9.17, 15) is 0 Å². The van der Waals surface area contributed by atoms with E-state index >= 15 is 0 Å². The van der Waals surface area contributed by atoms with Crippen molar-refractivity contribution in [1.82, 2.24) is 0 Å². The molecule has 8 heavy (non-hydrogen) atoms. The number of nitriles is 1. The van der Waals surface area contributed by atoms with Crippen LogP contribution in [0, 0.1) is 11.3 Å². The Labute approximate surface area is 48.9 Å². The molecule has 0 aliphatic heterocycles. The maximum Gasteiger partial charge on any atom is 0.140 e. The zero-order chi connectivity index (χ0) is 5.70. The van der Waals surface area contributed by atoms with Gasteiger partial charge in [-0.25, -0.2) is 0 Å². The van der Waals surface area contributed by atoms with Crippen LogP contribution in [0.5, 0.6) is 0 Å². The second-order valence-corrected chi connectivity index (χ2v) is 1.43. The summed E-state index contributed by atoms with van der Waals surface area (Å²) < 4.78 is 0. The first-order valence-corrected chi connectivity index (χ1v) is 2.39. The maximum absolute atomic E-state index is 8.50. The van der Waals surface area contributed by atoms with Crippen molar-refractivity contribution in [2.75, 3.05) is 0 Å². The molecule has 0 aromatic heterocycles. The van der Waals surface area contributed by atoms with Gasteiger partial charge in [0, 0.05) is 0 Å². The lowest BCUT2D eigenvalue weighted by Crippen LogP contribution is -1.99. The van der Waals surface area contributed by atoms with Crippen molar-refractivity contribution in [2.24, 2.45) is 0 Å². The summed E-state index contributed by atoms with van der Waals surface area (Å²) in [6.07, 6.45) is 0.718. The van der Waals surface area contributed by atoms with Crippen LogP contribution in [-0.4, -0.2) is 16.7 Å². The van der Waals surface area contributed by atoms with Crippen molar-refractivity contribution in [3.05, 3.63) is 0 Å². The molecule has 0 bridgehead atoms. The Morgan fingerprint density at radius 1 is 1.75 bits per heavy atom. The van der Waals surface area contributed by atoms with Crippen LogP contribution in [0.2, 0.25) is 0 Å². The summed E-state index contributed by atoms with van der Waals surface area (Å²) in [6, 6.07) is 1.72. The zero-order valence-electron chi connectivity index (χ0n) is 4.89. The normalized spacial score (nSPS) is 11.1. The number of aliphatic hydroxyl groups is 1. The van der Waals surface area contributed by atoms with Crippen LogP contribution in [-0.2, 0) is 0 Å². The standard InChI is InChI=1S/C5H9NO.H2O/c1-2-3-5(7)4-6;/h5,7H,2-3H2,1H3;1H2. The summed E-state index contributed by atoms with van der Waals surface area (Å²) in [6.45, 7) is 1.93. The first-order valence-electron chi connectivity index (χ1n) is 2.39. The molecule has 0 fully saturated rings. The van der Waals surface area contributed by atoms with Crippen molar-refractivity contribution >= 4 is 0 Å². The summed E-state index contributed by atoms with van der Waals surface area (Å²) in [4.78, 5) is 0. The fourth-order valence-electron chi connectivity index (χ4n) is 0.338. The van der Waals surface area contributed by atoms with Gasteiger partial charge in [0.25, 0.3) is 0 Å². The third-order valence-corrected chi connectivity index (χ3v) is 0.711. The summed E-state index contributed by atoms with van der Waals surface area (Å²) in [7, 11) is 0. The monoisotopic (exact) mass is 117 g/mol. The molecule has 0 aliphatic rings. The molecule has 1 atom stereocenters. The van der Waals surface area contributed by atoms with Gasteiger partial charge in [-0.15, -0.1) is 0 Å². The van der Waals surface area contributed by atoms with Crippen molar-refractivity contribution in [2.45, 2.75) is 25.9 Å². The van der Waals surface area contributed by atoms with Crippen molar-refractivity contribution in [1.29, 1.82) is 5.26 Å². The van der Waals surface area contributed by atoms with E-state index in [0.29, 0.717) is 6.42 Å². The minimum atomic E-state index is -0.745. The minimum Gasteiger partial charge on any atom is -0.412 e. The summed E-state index contributed by atoms with van der Waals surface area (Å²) in [5.41, 5.74) is 0. The molecule has 0 saturated carbocycles. The number of hydrogen-bond donors (Lipinski definition) is 1. The molecule has 0 spiro atoms. The SMILES string of the molecule is CCCC(O)C#N.O. The molecule has 0 aromatic carbocycles. The summed E-state index contributed by atoms with van der Waals surface area (Å²) in [5.74, 6) is 0. The highest BCUT2D eigenvalue weighted by atomic mass is 16.3. The van der Waals surface area contributed by atoms with Crippen molar-refractivity contribution in [3.8, 4) is 6.07 Å². The average molecular weight is 117 g/mol. The van der Waals surface area contributed by atoms with E-state index in [1.165, 1.54) is 0 Å². The largest absolute Gasteiger partial charge is 0.412 e. The highest BCUT2D eigenvalue weighted by molar-refractivity contribution is 4.80. The number of rotatable bonds is 2. The highest BCUT2D eigenvalue weighted by Crippen LogP contribution is 1.91. The third-order valence-electron chi connectivity index (χ3n) is 0.711. The first kappa shape index (κ1) is 10.4. The molecule has 3 N–H and O–H groups in total. The predicted molar refractivity (Wildman–Crippen MR) is 30.1 cm³/mol. The fourth-order valence-corrected chi connectivity index (χ4v) is 0.338. The van der Waals surface area contributed by atoms with Gasteiger partial charge in [-0.2, -0.15) is 5.26 Å². The fraction of sp³-hybridized carbons (Fsp3) is 0.800. The Bertz CT molecular complexity index is 77.0. The Kier molecular flexibility index (Phi) is 8.34. The second-order valence-electron chi connectivity index (χ2n) is 1.43. The molecule has 0 aliphatic carbocycles. The Morgan fingerprint density at radius 3 is 2.38 bits per heavy atom. The third kappa shape index (κ3) is 5.41. The zero-order valence-corrected chi connectivity index (χ0v) is 4.89. The molecular formula is C5H11NO2. The van der Waals surface area contributed by atoms with E-state index < -0.39 is 6.10 Å². The molecule has 0 heterocycles. The van der Waals surface area contributed by atoms with Crippen LogP contribution in [0.25, 0.3) is 0 Å². The van der Waals surface area contributed by atoms with Gasteiger partial charge in [-0.1, -0.05) is 13.3 Å². The quantitative estimate of drug-likeness (QED) is 0.510. The average Bonchev–Trinajstić information content (AvgIpc) is 1.68. The molecule has 1 unspecified atom stereocenters. The van der Waals surface area contributed by atoms with Crippen LogP contribution in [0.3, 0.4) is 0 Å². The predicted octanol–water partition coefficient (Wildman–Crippen LogP) is -0.154. The lowest BCUT2D eigenvalue weighted by Gasteiger charge is -1.92. The van der Waals surface area contributed by atoms with E-state index in [0.717, 1.165) is 6.42 Å². The number of hydrogen-bond acceptors (Lipinski definition) is 2. The van der Waals surface area contributed by atoms with Gasteiger partial charge in [0.05, 0.1) is 6.07 Å². The molecule has 48 valence electrons. The summed E-state index contributed by atoms with van der Waals surface area (Å²) in [5, 5.41) is 16.5. The molecule has 0 amide bonds. The van der Waals surface area contributed by atoms with Crippen molar-refractivity contribution in [3.63, 3.8) is 0 Å². The molecule has 3 nitrogen and oxygen atoms in total. The van der Waals surface area contributed by atoms with E-state index in [-0.39, 0.29) is 5.48 Å². The number of nitrogens with zero attached hydrogens (tertiary/aromatic N) is 1. The maximum atomic E-state index is 8.50. The molecule has 3 heteroatoms. The molecule has 0 rings (SSSR count). The second kappa shape index (κ2) is 6.41. The van der Waals surface area contributed by atoms with Crippen LogP contribution >= 0.6 is 0 Å². The molecule has 0 aromatic rings. The van der Waals surface area contributed by atoms with Gasteiger partial charge < -0.3 is 10.6 Å². The summed E-state index contributed by atoms with van der Waals surface area (Å²) >= 11 is 0. The van der Waals surface area contributed by atoms with Crippen LogP contribution in [0.4, 0.5) is 0 Å². The van der Waals surface area contributed by atoms with Crippen LogP contribution < -0.4 is 0 Å². The van der Waals surface area contributed by atoms with Gasteiger partial charge >= 0.3 is 0 Å². The smallest absolute Gasteiger partial charge is 0.140 e. The van der Waals surface area contributed by atoms with E-state index in [4.69, 9.17) is 10.4 Å². The Hall–Kier alpha value is -0.590. The van der Waals surface area contributed by atoms with Gasteiger partial charge in [0.2, 0.25) is 0 Å². The van der Waals surface area contributed by atoms with E-state index in [1.807, 2.05) is 6.92 Å². The van der Waals surface area contributed by atoms with Gasteiger partial charge in [-0.3, -0.25) is 0 Å². The topological polar surface area (TPSA) is 75.5 Å². The van der Waals surface area contributed by atoms with E-state index in [2.05, 4.69) is 0 Å². The number of aliphatic hydroxyl groups excluding tert-OH is 1. The molecule has 0 saturated heterocycles. The lowest BCUT2D eigenvalue weighted by atomic mass is 10.2. The first-order chi connectivity index (χ1) is 3.31. The van der Waals surface area contributed by atoms with Gasteiger partial charge in [0.1, 0.15) is 6.10 Å². The lowest BCUT2D eigenvalue weighted by molar-refractivity contribution is 0.218. The Balaban J connectivity index is 0. The van der Waals surface area contributed by atoms with Crippen LogP contribution in [0.15, 0.2) is 0 Å². The van der Waals surface area contributed by atoms with Crippen LogP contribution in [0.1, 0.15) is 19.8 Å². The van der Waals surface area contributed by atoms with Gasteiger partial charge in [-0.05, 0) is 6.42 Å². The Morgan fingerprint density at radius 2 is 2.25 bits per heavy atom.